The van der Waals surface area contributed by atoms with Crippen LogP contribution < -0.4 is 0 Å². The van der Waals surface area contributed by atoms with Crippen molar-refractivity contribution >= 4 is 0 Å². The minimum Gasteiger partial charge on any atom is -0.508 e. The smallest absolute Gasteiger partial charge is 0.115 e. The van der Waals surface area contributed by atoms with Gasteiger partial charge in [0, 0.05) is 6.54 Å². The van der Waals surface area contributed by atoms with Crippen LogP contribution in [0.25, 0.3) is 0 Å². The molecule has 22 heavy (non-hydrogen) atoms. The first kappa shape index (κ1) is 17.3. The van der Waals surface area contributed by atoms with Gasteiger partial charge in [-0.25, -0.2) is 0 Å². The van der Waals surface area contributed by atoms with Gasteiger partial charge in [-0.15, -0.1) is 0 Å². The molecule has 0 radical (unpaired) electrons. The number of piperidine rings is 1. The summed E-state index contributed by atoms with van der Waals surface area (Å²) in [5, 5.41) is 9.40. The first-order valence-corrected chi connectivity index (χ1v) is 8.55. The van der Waals surface area contributed by atoms with Crippen molar-refractivity contribution in [1.82, 2.24) is 4.90 Å². The Labute approximate surface area is 136 Å². The summed E-state index contributed by atoms with van der Waals surface area (Å²) < 4.78 is 0. The maximum Gasteiger partial charge on any atom is 0.115 e. The molecule has 0 unspecified atom stereocenters. The van der Waals surface area contributed by atoms with Gasteiger partial charge in [0.2, 0.25) is 0 Å². The number of phenols is 1. The monoisotopic (exact) mass is 303 g/mol. The van der Waals surface area contributed by atoms with Gasteiger partial charge in [0.05, 0.1) is 0 Å². The van der Waals surface area contributed by atoms with Gasteiger partial charge in [-0.05, 0) is 59.9 Å². The average Bonchev–Trinajstić information content (AvgIpc) is 2.39. The van der Waals surface area contributed by atoms with E-state index in [2.05, 4.69) is 46.4 Å². The van der Waals surface area contributed by atoms with E-state index in [-0.39, 0.29) is 0 Å². The van der Waals surface area contributed by atoms with Gasteiger partial charge >= 0.3 is 0 Å². The molecule has 0 amide bonds. The van der Waals surface area contributed by atoms with Gasteiger partial charge < -0.3 is 5.11 Å². The summed E-state index contributed by atoms with van der Waals surface area (Å²) in [5.41, 5.74) is 2.34. The Kier molecular flexibility index (Phi) is 4.64. The van der Waals surface area contributed by atoms with Gasteiger partial charge in [-0.1, -0.05) is 53.7 Å². The van der Waals surface area contributed by atoms with Gasteiger partial charge in [0.15, 0.2) is 0 Å². The Morgan fingerprint density at radius 1 is 0.909 bits per heavy atom. The average molecular weight is 303 g/mol. The second-order valence-corrected chi connectivity index (χ2v) is 9.02. The molecule has 1 fully saturated rings. The third-order valence-corrected chi connectivity index (χ3v) is 5.92. The molecule has 1 aliphatic heterocycles. The lowest BCUT2D eigenvalue weighted by atomic mass is 9.50. The fraction of sp³-hybridized carbons (Fsp3) is 0.700. The summed E-state index contributed by atoms with van der Waals surface area (Å²) in [7, 11) is 0. The van der Waals surface area contributed by atoms with Crippen LogP contribution in [0.15, 0.2) is 24.3 Å². The highest BCUT2D eigenvalue weighted by atomic mass is 16.3. The lowest BCUT2D eigenvalue weighted by Gasteiger charge is -2.57. The van der Waals surface area contributed by atoms with E-state index in [1.54, 1.807) is 12.1 Å². The van der Waals surface area contributed by atoms with Gasteiger partial charge in [0.1, 0.15) is 5.75 Å². The first-order chi connectivity index (χ1) is 10.1. The van der Waals surface area contributed by atoms with Crippen molar-refractivity contribution < 1.29 is 5.11 Å². The third kappa shape index (κ3) is 3.32. The number of hydrogen-bond donors (Lipinski definition) is 1. The summed E-state index contributed by atoms with van der Waals surface area (Å²) in [4.78, 5) is 2.56. The van der Waals surface area contributed by atoms with Crippen LogP contribution in [-0.2, 0) is 6.54 Å². The number of hydrogen-bond acceptors (Lipinski definition) is 2. The maximum atomic E-state index is 9.40. The highest BCUT2D eigenvalue weighted by Crippen LogP contribution is 2.57. The van der Waals surface area contributed by atoms with Crippen LogP contribution >= 0.6 is 0 Å². The molecule has 0 atom stereocenters. The minimum absolute atomic E-state index is 0.329. The Balaban J connectivity index is 2.06. The number of aromatic hydroxyl groups is 1. The zero-order valence-electron chi connectivity index (χ0n) is 15.2. The predicted molar refractivity (Wildman–Crippen MR) is 94.0 cm³/mol. The summed E-state index contributed by atoms with van der Waals surface area (Å²) in [5.74, 6) is 0.349. The van der Waals surface area contributed by atoms with E-state index in [4.69, 9.17) is 0 Å². The zero-order valence-corrected chi connectivity index (χ0v) is 15.2. The van der Waals surface area contributed by atoms with Crippen LogP contribution in [0.2, 0.25) is 0 Å². The van der Waals surface area contributed by atoms with Crippen molar-refractivity contribution in [2.24, 2.45) is 16.2 Å². The molecule has 2 nitrogen and oxygen atoms in total. The lowest BCUT2D eigenvalue weighted by Crippen LogP contribution is -2.53. The van der Waals surface area contributed by atoms with E-state index in [9.17, 15) is 5.11 Å². The summed E-state index contributed by atoms with van der Waals surface area (Å²) in [6.07, 6.45) is 2.52. The number of nitrogens with zero attached hydrogens (tertiary/aromatic N) is 1. The third-order valence-electron chi connectivity index (χ3n) is 5.92. The molecule has 0 aromatic heterocycles. The van der Waals surface area contributed by atoms with E-state index in [0.29, 0.717) is 22.0 Å². The summed E-state index contributed by atoms with van der Waals surface area (Å²) >= 11 is 0. The van der Waals surface area contributed by atoms with Crippen molar-refractivity contribution in [3.8, 4) is 5.75 Å². The van der Waals surface area contributed by atoms with Crippen LogP contribution in [0, 0.1) is 16.2 Å². The molecule has 1 N–H and O–H groups in total. The van der Waals surface area contributed by atoms with E-state index >= 15 is 0 Å². The van der Waals surface area contributed by atoms with E-state index in [1.165, 1.54) is 18.4 Å². The second kappa shape index (κ2) is 5.88. The molecular weight excluding hydrogens is 270 g/mol. The summed E-state index contributed by atoms with van der Waals surface area (Å²) in [6.45, 7) is 17.8. The predicted octanol–water partition coefficient (Wildman–Crippen LogP) is 5.07. The Morgan fingerprint density at radius 2 is 1.36 bits per heavy atom. The summed E-state index contributed by atoms with van der Waals surface area (Å²) in [6, 6.07) is 7.64. The highest BCUT2D eigenvalue weighted by Gasteiger charge is 2.51. The number of likely N-dealkylation sites (tertiary alicyclic amines) is 1. The minimum atomic E-state index is 0.329. The number of benzene rings is 1. The molecule has 1 aliphatic rings. The Bertz CT molecular complexity index is 466. The second-order valence-electron chi connectivity index (χ2n) is 9.02. The molecule has 2 rings (SSSR count). The fourth-order valence-corrected chi connectivity index (χ4v) is 4.58. The van der Waals surface area contributed by atoms with Gasteiger partial charge in [-0.3, -0.25) is 4.90 Å². The molecule has 1 aromatic rings. The topological polar surface area (TPSA) is 23.5 Å². The van der Waals surface area contributed by atoms with E-state index in [1.807, 2.05) is 12.1 Å². The Hall–Kier alpha value is -1.02. The molecule has 0 aliphatic carbocycles. The number of rotatable bonds is 2. The standard InChI is InChI=1S/C20H33NO/c1-18(2,3)20(19(4,5)6)11-13-21(14-12-20)15-16-7-9-17(22)10-8-16/h7-10,22H,11-15H2,1-6H3. The molecule has 0 saturated carbocycles. The molecule has 1 heterocycles. The Morgan fingerprint density at radius 3 is 1.77 bits per heavy atom. The molecule has 124 valence electrons. The first-order valence-electron chi connectivity index (χ1n) is 8.55. The van der Waals surface area contributed by atoms with Crippen molar-refractivity contribution in [3.63, 3.8) is 0 Å². The van der Waals surface area contributed by atoms with Crippen molar-refractivity contribution in [2.75, 3.05) is 13.1 Å². The van der Waals surface area contributed by atoms with Crippen LogP contribution in [-0.4, -0.2) is 23.1 Å². The fourth-order valence-electron chi connectivity index (χ4n) is 4.58. The SMILES string of the molecule is CC(C)(C)C1(C(C)(C)C)CCN(Cc2ccc(O)cc2)CC1. The van der Waals surface area contributed by atoms with E-state index < -0.39 is 0 Å². The van der Waals surface area contributed by atoms with Crippen LogP contribution in [0.3, 0.4) is 0 Å². The molecular formula is C20H33NO. The van der Waals surface area contributed by atoms with Gasteiger partial charge in [-0.2, -0.15) is 0 Å². The quantitative estimate of drug-likeness (QED) is 0.825. The van der Waals surface area contributed by atoms with Crippen molar-refractivity contribution in [2.45, 2.75) is 60.9 Å². The van der Waals surface area contributed by atoms with Crippen LogP contribution in [0.5, 0.6) is 5.75 Å². The van der Waals surface area contributed by atoms with Crippen LogP contribution in [0.1, 0.15) is 59.9 Å². The van der Waals surface area contributed by atoms with Crippen molar-refractivity contribution in [3.05, 3.63) is 29.8 Å². The molecule has 1 aromatic carbocycles. The normalized spacial score (nSPS) is 20.1. The van der Waals surface area contributed by atoms with Crippen LogP contribution in [0.4, 0.5) is 0 Å². The zero-order chi connectivity index (χ0) is 16.6. The molecule has 2 heteroatoms. The molecule has 0 spiro atoms. The van der Waals surface area contributed by atoms with E-state index in [0.717, 1.165) is 19.6 Å². The maximum absolute atomic E-state index is 9.40. The van der Waals surface area contributed by atoms with Gasteiger partial charge in [0.25, 0.3) is 0 Å². The largest absolute Gasteiger partial charge is 0.508 e. The van der Waals surface area contributed by atoms with Crippen molar-refractivity contribution in [1.29, 1.82) is 0 Å². The number of phenolic OH excluding ortho intramolecular Hbond substituents is 1. The highest BCUT2D eigenvalue weighted by molar-refractivity contribution is 5.25. The molecule has 0 bridgehead atoms. The molecule has 1 saturated heterocycles. The lowest BCUT2D eigenvalue weighted by molar-refractivity contribution is -0.0828.